The fourth-order valence-electron chi connectivity index (χ4n) is 4.22. The van der Waals surface area contributed by atoms with Gasteiger partial charge in [0.15, 0.2) is 5.13 Å². The molecule has 0 spiro atoms. The molecule has 0 bridgehead atoms. The van der Waals surface area contributed by atoms with Crippen molar-refractivity contribution in [2.45, 2.75) is 31.9 Å². The highest BCUT2D eigenvalue weighted by molar-refractivity contribution is 7.13. The number of rotatable bonds is 3. The molecule has 144 valence electrons. The highest BCUT2D eigenvalue weighted by Crippen LogP contribution is 2.39. The van der Waals surface area contributed by atoms with Crippen LogP contribution in [0.25, 0.3) is 0 Å². The molecule has 2 aromatic rings. The molecule has 2 fully saturated rings. The van der Waals surface area contributed by atoms with Crippen molar-refractivity contribution in [1.82, 2.24) is 10.3 Å². The van der Waals surface area contributed by atoms with Crippen molar-refractivity contribution in [2.24, 2.45) is 11.8 Å². The van der Waals surface area contributed by atoms with E-state index in [1.54, 1.807) is 30.5 Å². The summed E-state index contributed by atoms with van der Waals surface area (Å²) in [6.07, 6.45) is 2.41. The highest BCUT2D eigenvalue weighted by Gasteiger charge is 2.43. The van der Waals surface area contributed by atoms with Crippen LogP contribution in [0.1, 0.15) is 28.8 Å². The van der Waals surface area contributed by atoms with Gasteiger partial charge in [-0.05, 0) is 43.2 Å². The van der Waals surface area contributed by atoms with E-state index >= 15 is 0 Å². The van der Waals surface area contributed by atoms with E-state index in [9.17, 15) is 14.3 Å². The maximum atomic E-state index is 14.1. The molecule has 0 radical (unpaired) electrons. The zero-order valence-corrected chi connectivity index (χ0v) is 16.4. The van der Waals surface area contributed by atoms with Gasteiger partial charge in [0.1, 0.15) is 5.82 Å². The molecule has 8 heteroatoms. The second kappa shape index (κ2) is 7.37. The minimum absolute atomic E-state index is 0.117. The number of amides is 1. The Kier molecular flexibility index (Phi) is 5.09. The van der Waals surface area contributed by atoms with Crippen LogP contribution in [0.3, 0.4) is 0 Å². The number of hydrogen-bond donors (Lipinski definition) is 2. The lowest BCUT2D eigenvalue weighted by Gasteiger charge is -2.35. The van der Waals surface area contributed by atoms with Crippen molar-refractivity contribution in [1.29, 1.82) is 0 Å². The van der Waals surface area contributed by atoms with Crippen molar-refractivity contribution in [3.8, 4) is 0 Å². The Morgan fingerprint density at radius 1 is 1.37 bits per heavy atom. The molecule has 27 heavy (non-hydrogen) atoms. The van der Waals surface area contributed by atoms with Gasteiger partial charge in [0.25, 0.3) is 5.91 Å². The third kappa shape index (κ3) is 3.56. The summed E-state index contributed by atoms with van der Waals surface area (Å²) in [6, 6.07) is 2.37. The lowest BCUT2D eigenvalue weighted by Crippen LogP contribution is -2.49. The lowest BCUT2D eigenvalue weighted by molar-refractivity contribution is 0.0460. The van der Waals surface area contributed by atoms with Crippen molar-refractivity contribution < 1.29 is 14.3 Å². The van der Waals surface area contributed by atoms with E-state index in [0.717, 1.165) is 18.2 Å². The molecule has 4 rings (SSSR count). The average Bonchev–Trinajstić information content (AvgIpc) is 3.28. The third-order valence-electron chi connectivity index (χ3n) is 5.66. The van der Waals surface area contributed by atoms with Crippen molar-refractivity contribution in [3.05, 3.63) is 45.7 Å². The fourth-order valence-corrected chi connectivity index (χ4v) is 5.12. The molecule has 2 aliphatic rings. The number of thiazole rings is 1. The summed E-state index contributed by atoms with van der Waals surface area (Å²) in [5, 5.41) is 16.4. The van der Waals surface area contributed by atoms with Gasteiger partial charge in [0.2, 0.25) is 0 Å². The van der Waals surface area contributed by atoms with Crippen molar-refractivity contribution >= 4 is 34.0 Å². The van der Waals surface area contributed by atoms with Gasteiger partial charge in [-0.25, -0.2) is 9.37 Å². The monoisotopic (exact) mass is 409 g/mol. The normalized spacial score (nSPS) is 27.5. The summed E-state index contributed by atoms with van der Waals surface area (Å²) < 4.78 is 14.1. The van der Waals surface area contributed by atoms with Gasteiger partial charge in [-0.1, -0.05) is 17.7 Å². The topological polar surface area (TPSA) is 65.5 Å². The number of nitrogens with zero attached hydrogens (tertiary/aromatic N) is 2. The molecule has 2 heterocycles. The number of carbonyl (C=O) groups is 1. The van der Waals surface area contributed by atoms with Gasteiger partial charge in [0.05, 0.1) is 22.7 Å². The Hall–Kier alpha value is -1.70. The maximum Gasteiger partial charge on any atom is 0.256 e. The number of carbonyl (C=O) groups excluding carboxylic acids is 1. The molecule has 1 saturated heterocycles. The Bertz CT molecular complexity index is 848. The molecule has 1 aromatic heterocycles. The van der Waals surface area contributed by atoms with E-state index in [0.29, 0.717) is 30.2 Å². The summed E-state index contributed by atoms with van der Waals surface area (Å²) in [4.78, 5) is 19.2. The summed E-state index contributed by atoms with van der Waals surface area (Å²) in [6.45, 7) is 3.45. The van der Waals surface area contributed by atoms with E-state index in [1.807, 2.05) is 5.38 Å². The largest absolute Gasteiger partial charge is 0.391 e. The standard InChI is InChI=1S/C19H21ClFN3O2S/c1-10-2-3-13(21)16(17(10)20)18(26)23-14-6-11-8-24(19-22-4-5-27-19)9-12(11)7-15(14)25/h2-5,11-12,14-15,25H,6-9H2,1H3,(H,23,26)/t11-,12+,14-,15-/m0/s1. The summed E-state index contributed by atoms with van der Waals surface area (Å²) in [7, 11) is 0. The van der Waals surface area contributed by atoms with E-state index in [4.69, 9.17) is 11.6 Å². The second-order valence-corrected chi connectivity index (χ2v) is 8.66. The number of aromatic nitrogens is 1. The Labute approximate surface area is 166 Å². The number of fused-ring (bicyclic) bond motifs is 1. The first-order valence-electron chi connectivity index (χ1n) is 9.02. The fraction of sp³-hybridized carbons (Fsp3) is 0.474. The van der Waals surface area contributed by atoms with Gasteiger partial charge >= 0.3 is 0 Å². The number of halogens is 2. The number of hydrogen-bond acceptors (Lipinski definition) is 5. The zero-order valence-electron chi connectivity index (χ0n) is 14.9. The number of anilines is 1. The first-order chi connectivity index (χ1) is 12.9. The van der Waals surface area contributed by atoms with E-state index < -0.39 is 23.9 Å². The summed E-state index contributed by atoms with van der Waals surface area (Å²) >= 11 is 7.74. The lowest BCUT2D eigenvalue weighted by atomic mass is 9.77. The van der Waals surface area contributed by atoms with Gasteiger partial charge in [-0.2, -0.15) is 0 Å². The van der Waals surface area contributed by atoms with Crippen LogP contribution < -0.4 is 10.2 Å². The Morgan fingerprint density at radius 3 is 2.81 bits per heavy atom. The number of aryl methyl sites for hydroxylation is 1. The summed E-state index contributed by atoms with van der Waals surface area (Å²) in [5.74, 6) is -0.489. The molecule has 1 aliphatic heterocycles. The van der Waals surface area contributed by atoms with Crippen molar-refractivity contribution in [3.63, 3.8) is 0 Å². The van der Waals surface area contributed by atoms with Gasteiger partial charge in [0, 0.05) is 24.7 Å². The number of aliphatic hydroxyl groups is 1. The van der Waals surface area contributed by atoms with E-state index in [-0.39, 0.29) is 10.6 Å². The minimum Gasteiger partial charge on any atom is -0.391 e. The van der Waals surface area contributed by atoms with Crippen LogP contribution in [-0.4, -0.2) is 41.2 Å². The zero-order chi connectivity index (χ0) is 19.1. The number of benzene rings is 1. The molecule has 1 saturated carbocycles. The van der Waals surface area contributed by atoms with Gasteiger partial charge < -0.3 is 15.3 Å². The molecule has 0 unspecified atom stereocenters. The third-order valence-corrected chi connectivity index (χ3v) is 6.98. The number of aliphatic hydroxyl groups excluding tert-OH is 1. The second-order valence-electron chi connectivity index (χ2n) is 7.41. The first kappa shape index (κ1) is 18.7. The quantitative estimate of drug-likeness (QED) is 0.816. The van der Waals surface area contributed by atoms with Crippen LogP contribution in [0.5, 0.6) is 0 Å². The van der Waals surface area contributed by atoms with Crippen LogP contribution >= 0.6 is 22.9 Å². The highest BCUT2D eigenvalue weighted by atomic mass is 35.5. The van der Waals surface area contributed by atoms with Crippen LogP contribution in [0.15, 0.2) is 23.7 Å². The van der Waals surface area contributed by atoms with Crippen molar-refractivity contribution in [2.75, 3.05) is 18.0 Å². The predicted octanol–water partition coefficient (Wildman–Crippen LogP) is 3.25. The molecule has 1 aromatic carbocycles. The molecule has 5 nitrogen and oxygen atoms in total. The van der Waals surface area contributed by atoms with Crippen LogP contribution in [0.2, 0.25) is 5.02 Å². The molecule has 2 N–H and O–H groups in total. The smallest absolute Gasteiger partial charge is 0.256 e. The van der Waals surface area contributed by atoms with Gasteiger partial charge in [-0.3, -0.25) is 4.79 Å². The molecule has 1 amide bonds. The average molecular weight is 410 g/mol. The Morgan fingerprint density at radius 2 is 2.11 bits per heavy atom. The summed E-state index contributed by atoms with van der Waals surface area (Å²) in [5.41, 5.74) is 0.490. The van der Waals surface area contributed by atoms with Crippen LogP contribution in [0, 0.1) is 24.6 Å². The molecule has 4 atom stereocenters. The molecule has 1 aliphatic carbocycles. The maximum absolute atomic E-state index is 14.1. The molecular weight excluding hydrogens is 389 g/mol. The van der Waals surface area contributed by atoms with E-state index in [2.05, 4.69) is 15.2 Å². The van der Waals surface area contributed by atoms with Gasteiger partial charge in [-0.15, -0.1) is 11.3 Å². The molecular formula is C19H21ClFN3O2S. The van der Waals surface area contributed by atoms with Crippen LogP contribution in [0.4, 0.5) is 9.52 Å². The number of nitrogens with one attached hydrogen (secondary N) is 1. The SMILES string of the molecule is Cc1ccc(F)c(C(=O)N[C@H]2C[C@H]3CN(c4nccs4)C[C@H]3C[C@@H]2O)c1Cl. The predicted molar refractivity (Wildman–Crippen MR) is 104 cm³/mol. The Balaban J connectivity index is 1.46. The minimum atomic E-state index is -0.655. The van der Waals surface area contributed by atoms with Crippen LogP contribution in [-0.2, 0) is 0 Å². The van der Waals surface area contributed by atoms with E-state index in [1.165, 1.54) is 6.07 Å². The first-order valence-corrected chi connectivity index (χ1v) is 10.3.